The molecule has 4 rings (SSSR count). The van der Waals surface area contributed by atoms with Gasteiger partial charge in [-0.1, -0.05) is 19.3 Å². The highest BCUT2D eigenvalue weighted by molar-refractivity contribution is 5.79. The number of carbonyl (C=O) groups excluding carboxylic acids is 1. The molecule has 0 radical (unpaired) electrons. The Hall–Kier alpha value is -1.71. The first-order chi connectivity index (χ1) is 10.7. The molecule has 1 fully saturated rings. The summed E-state index contributed by atoms with van der Waals surface area (Å²) in [6.45, 7) is 3.18. The van der Waals surface area contributed by atoms with Crippen LogP contribution in [0.25, 0.3) is 0 Å². The van der Waals surface area contributed by atoms with Crippen LogP contribution >= 0.6 is 0 Å². The summed E-state index contributed by atoms with van der Waals surface area (Å²) < 4.78 is 10.9. The molecule has 1 saturated carbocycles. The average molecular weight is 301 g/mol. The van der Waals surface area contributed by atoms with Gasteiger partial charge in [0.1, 0.15) is 0 Å². The monoisotopic (exact) mass is 301 g/mol. The van der Waals surface area contributed by atoms with Crippen molar-refractivity contribution < 1.29 is 14.3 Å². The van der Waals surface area contributed by atoms with E-state index >= 15 is 0 Å². The lowest BCUT2D eigenvalue weighted by atomic mass is 9.86. The van der Waals surface area contributed by atoms with Crippen LogP contribution in [0.15, 0.2) is 12.1 Å². The van der Waals surface area contributed by atoms with Crippen molar-refractivity contribution in [3.05, 3.63) is 23.3 Å². The van der Waals surface area contributed by atoms with Gasteiger partial charge in [0, 0.05) is 18.5 Å². The Kier molecular flexibility index (Phi) is 3.47. The molecular formula is C18H23NO3. The van der Waals surface area contributed by atoms with Crippen LogP contribution in [0.3, 0.4) is 0 Å². The van der Waals surface area contributed by atoms with Gasteiger partial charge in [-0.2, -0.15) is 0 Å². The van der Waals surface area contributed by atoms with Crippen molar-refractivity contribution in [3.63, 3.8) is 0 Å². The molecular weight excluding hydrogens is 278 g/mol. The maximum atomic E-state index is 12.9. The second kappa shape index (κ2) is 5.49. The molecule has 1 unspecified atom stereocenters. The van der Waals surface area contributed by atoms with E-state index in [1.165, 1.54) is 30.4 Å². The number of benzene rings is 1. The van der Waals surface area contributed by atoms with E-state index in [-0.39, 0.29) is 12.0 Å². The van der Waals surface area contributed by atoms with E-state index in [0.717, 1.165) is 30.8 Å². The standard InChI is InChI=1S/C18H23NO3/c1-12-7-14-8-16-17(22-11-21-16)9-15(14)10-19(12)18(20)13-5-3-2-4-6-13/h8-9,12-13H,2-7,10-11H2,1H3. The molecule has 2 aliphatic heterocycles. The molecule has 1 aromatic carbocycles. The van der Waals surface area contributed by atoms with E-state index < -0.39 is 0 Å². The fourth-order valence-corrected chi connectivity index (χ4v) is 4.01. The molecule has 0 spiro atoms. The maximum Gasteiger partial charge on any atom is 0.231 e. The highest BCUT2D eigenvalue weighted by Crippen LogP contribution is 2.38. The Labute approximate surface area is 131 Å². The number of rotatable bonds is 1. The van der Waals surface area contributed by atoms with Crippen molar-refractivity contribution in [3.8, 4) is 11.5 Å². The topological polar surface area (TPSA) is 38.8 Å². The van der Waals surface area contributed by atoms with Gasteiger partial charge in [-0.25, -0.2) is 0 Å². The van der Waals surface area contributed by atoms with Crippen LogP contribution in [0, 0.1) is 5.92 Å². The molecule has 0 N–H and O–H groups in total. The van der Waals surface area contributed by atoms with Gasteiger partial charge < -0.3 is 14.4 Å². The summed E-state index contributed by atoms with van der Waals surface area (Å²) in [6.07, 6.45) is 6.73. The van der Waals surface area contributed by atoms with Crippen molar-refractivity contribution in [2.75, 3.05) is 6.79 Å². The highest BCUT2D eigenvalue weighted by Gasteiger charge is 2.33. The lowest BCUT2D eigenvalue weighted by Gasteiger charge is -2.38. The van der Waals surface area contributed by atoms with Crippen LogP contribution in [0.4, 0.5) is 0 Å². The predicted molar refractivity (Wildman–Crippen MR) is 82.9 cm³/mol. The third-order valence-corrected chi connectivity index (χ3v) is 5.32. The Morgan fingerprint density at radius 3 is 2.50 bits per heavy atom. The largest absolute Gasteiger partial charge is 0.454 e. The molecule has 0 aromatic heterocycles. The molecule has 4 nitrogen and oxygen atoms in total. The minimum absolute atomic E-state index is 0.242. The SMILES string of the molecule is CC1Cc2cc3c(cc2CN1C(=O)C1CCCCC1)OCO3. The van der Waals surface area contributed by atoms with Crippen LogP contribution in [-0.4, -0.2) is 23.6 Å². The summed E-state index contributed by atoms with van der Waals surface area (Å²) in [5.41, 5.74) is 2.51. The van der Waals surface area contributed by atoms with E-state index in [1.54, 1.807) is 0 Å². The summed E-state index contributed by atoms with van der Waals surface area (Å²) in [5.74, 6) is 2.26. The lowest BCUT2D eigenvalue weighted by Crippen LogP contribution is -2.45. The molecule has 1 amide bonds. The highest BCUT2D eigenvalue weighted by atomic mass is 16.7. The van der Waals surface area contributed by atoms with E-state index in [0.29, 0.717) is 19.2 Å². The smallest absolute Gasteiger partial charge is 0.231 e. The summed E-state index contributed by atoms with van der Waals surface area (Å²) in [6, 6.07) is 4.42. The van der Waals surface area contributed by atoms with E-state index in [4.69, 9.17) is 9.47 Å². The fraction of sp³-hybridized carbons (Fsp3) is 0.611. The minimum atomic E-state index is 0.242. The minimum Gasteiger partial charge on any atom is -0.454 e. The van der Waals surface area contributed by atoms with Crippen molar-refractivity contribution >= 4 is 5.91 Å². The van der Waals surface area contributed by atoms with Gasteiger partial charge in [-0.05, 0) is 49.4 Å². The summed E-state index contributed by atoms with van der Waals surface area (Å²) in [4.78, 5) is 15.0. The normalized spacial score (nSPS) is 24.2. The fourth-order valence-electron chi connectivity index (χ4n) is 4.01. The van der Waals surface area contributed by atoms with Crippen molar-refractivity contribution in [1.82, 2.24) is 4.90 Å². The first-order valence-electron chi connectivity index (χ1n) is 8.44. The van der Waals surface area contributed by atoms with Crippen LogP contribution in [0.1, 0.15) is 50.2 Å². The second-order valence-electron chi connectivity index (χ2n) is 6.83. The summed E-state index contributed by atoms with van der Waals surface area (Å²) in [7, 11) is 0. The number of hydrogen-bond donors (Lipinski definition) is 0. The quantitative estimate of drug-likeness (QED) is 0.799. The Morgan fingerprint density at radius 2 is 1.77 bits per heavy atom. The van der Waals surface area contributed by atoms with Crippen molar-refractivity contribution in [2.24, 2.45) is 5.92 Å². The predicted octanol–water partition coefficient (Wildman–Crippen LogP) is 3.27. The molecule has 22 heavy (non-hydrogen) atoms. The number of nitrogens with zero attached hydrogens (tertiary/aromatic N) is 1. The Bertz CT molecular complexity index is 592. The van der Waals surface area contributed by atoms with Crippen LogP contribution in [0.5, 0.6) is 11.5 Å². The molecule has 1 atom stereocenters. The molecule has 0 bridgehead atoms. The van der Waals surface area contributed by atoms with Crippen LogP contribution in [-0.2, 0) is 17.8 Å². The number of hydrogen-bond acceptors (Lipinski definition) is 3. The number of fused-ring (bicyclic) bond motifs is 2. The molecule has 0 saturated heterocycles. The molecule has 3 aliphatic rings. The summed E-state index contributed by atoms with van der Waals surface area (Å²) >= 11 is 0. The van der Waals surface area contributed by atoms with E-state index in [1.807, 2.05) is 0 Å². The third-order valence-electron chi connectivity index (χ3n) is 5.32. The van der Waals surface area contributed by atoms with E-state index in [2.05, 4.69) is 24.0 Å². The zero-order chi connectivity index (χ0) is 15.1. The second-order valence-corrected chi connectivity index (χ2v) is 6.83. The number of ether oxygens (including phenoxy) is 2. The molecule has 1 aromatic rings. The van der Waals surface area contributed by atoms with Gasteiger partial charge in [0.2, 0.25) is 12.7 Å². The van der Waals surface area contributed by atoms with Gasteiger partial charge >= 0.3 is 0 Å². The van der Waals surface area contributed by atoms with Crippen molar-refractivity contribution in [1.29, 1.82) is 0 Å². The average Bonchev–Trinajstić information content (AvgIpc) is 2.99. The Morgan fingerprint density at radius 1 is 1.09 bits per heavy atom. The van der Waals surface area contributed by atoms with Gasteiger partial charge in [0.05, 0.1) is 0 Å². The number of carbonyl (C=O) groups is 1. The first kappa shape index (κ1) is 13.9. The zero-order valence-corrected chi connectivity index (χ0v) is 13.1. The lowest BCUT2D eigenvalue weighted by molar-refractivity contribution is -0.139. The number of amides is 1. The maximum absolute atomic E-state index is 12.9. The van der Waals surface area contributed by atoms with Gasteiger partial charge in [0.25, 0.3) is 0 Å². The van der Waals surface area contributed by atoms with Gasteiger partial charge in [-0.15, -0.1) is 0 Å². The van der Waals surface area contributed by atoms with Gasteiger partial charge in [0.15, 0.2) is 11.5 Å². The van der Waals surface area contributed by atoms with Crippen LogP contribution in [0.2, 0.25) is 0 Å². The third kappa shape index (κ3) is 2.34. The molecule has 118 valence electrons. The first-order valence-corrected chi connectivity index (χ1v) is 8.44. The zero-order valence-electron chi connectivity index (χ0n) is 13.1. The van der Waals surface area contributed by atoms with Crippen molar-refractivity contribution in [2.45, 2.75) is 58.0 Å². The van der Waals surface area contributed by atoms with Crippen LogP contribution < -0.4 is 9.47 Å². The molecule has 1 aliphatic carbocycles. The Balaban J connectivity index is 1.57. The van der Waals surface area contributed by atoms with E-state index in [9.17, 15) is 4.79 Å². The molecule has 4 heteroatoms. The molecule has 2 heterocycles. The summed E-state index contributed by atoms with van der Waals surface area (Å²) in [5, 5.41) is 0. The van der Waals surface area contributed by atoms with Gasteiger partial charge in [-0.3, -0.25) is 4.79 Å².